The van der Waals surface area contributed by atoms with Crippen LogP contribution >= 0.6 is 0 Å². The van der Waals surface area contributed by atoms with Gasteiger partial charge in [-0.15, -0.1) is 0 Å². The molecule has 1 aliphatic rings. The Balaban J connectivity index is 1.54. The molecular weight excluding hydrogens is 350 g/mol. The van der Waals surface area contributed by atoms with Crippen LogP contribution < -0.4 is 5.32 Å². The summed E-state index contributed by atoms with van der Waals surface area (Å²) in [7, 11) is 0. The van der Waals surface area contributed by atoms with Crippen LogP contribution in [0.25, 0.3) is 10.9 Å². The third kappa shape index (κ3) is 3.79. The third-order valence-corrected chi connectivity index (χ3v) is 5.59. The smallest absolute Gasteiger partial charge is 0.228 e. The second kappa shape index (κ2) is 7.89. The van der Waals surface area contributed by atoms with E-state index >= 15 is 0 Å². The molecular formula is C23H25N3O2. The van der Waals surface area contributed by atoms with Gasteiger partial charge in [0, 0.05) is 43.2 Å². The number of H-pyrrole nitrogens is 1. The van der Waals surface area contributed by atoms with Crippen molar-refractivity contribution in [3.8, 4) is 0 Å². The lowest BCUT2D eigenvalue weighted by Crippen LogP contribution is -2.38. The first-order valence-electron chi connectivity index (χ1n) is 9.77. The second-order valence-electron chi connectivity index (χ2n) is 7.50. The predicted molar refractivity (Wildman–Crippen MR) is 110 cm³/mol. The van der Waals surface area contributed by atoms with Crippen molar-refractivity contribution >= 4 is 22.7 Å². The molecule has 0 saturated carbocycles. The van der Waals surface area contributed by atoms with Crippen LogP contribution in [-0.2, 0) is 22.6 Å². The molecule has 1 fully saturated rings. The molecule has 2 N–H and O–H groups in total. The van der Waals surface area contributed by atoms with Crippen LogP contribution in [0.15, 0.2) is 54.7 Å². The van der Waals surface area contributed by atoms with Crippen molar-refractivity contribution < 1.29 is 9.59 Å². The Morgan fingerprint density at radius 3 is 2.68 bits per heavy atom. The molecule has 3 aromatic rings. The van der Waals surface area contributed by atoms with Crippen molar-refractivity contribution in [1.29, 1.82) is 0 Å². The Kier molecular flexibility index (Phi) is 5.15. The number of nitrogens with zero attached hydrogens (tertiary/aromatic N) is 1. The number of amides is 2. The molecule has 2 aromatic carbocycles. The quantitative estimate of drug-likeness (QED) is 0.695. The molecule has 5 heteroatoms. The molecule has 1 unspecified atom stereocenters. The third-order valence-electron chi connectivity index (χ3n) is 5.59. The van der Waals surface area contributed by atoms with Crippen molar-refractivity contribution in [2.45, 2.75) is 26.3 Å². The van der Waals surface area contributed by atoms with E-state index in [-0.39, 0.29) is 24.2 Å². The first-order chi connectivity index (χ1) is 13.6. The lowest BCUT2D eigenvalue weighted by molar-refractivity contribution is -0.136. The van der Waals surface area contributed by atoms with Crippen LogP contribution in [0, 0.1) is 12.8 Å². The van der Waals surface area contributed by atoms with Crippen LogP contribution in [0.5, 0.6) is 0 Å². The summed E-state index contributed by atoms with van der Waals surface area (Å²) in [5, 5.41) is 3.98. The molecule has 144 valence electrons. The molecule has 1 atom stereocenters. The summed E-state index contributed by atoms with van der Waals surface area (Å²) >= 11 is 0. The van der Waals surface area contributed by atoms with Crippen LogP contribution in [0.1, 0.15) is 23.1 Å². The predicted octanol–water partition coefficient (Wildman–Crippen LogP) is 3.18. The number of aryl methyl sites for hydroxylation is 1. The maximum atomic E-state index is 13.2. The Bertz CT molecular complexity index is 1010. The van der Waals surface area contributed by atoms with Crippen molar-refractivity contribution in [1.82, 2.24) is 15.2 Å². The van der Waals surface area contributed by atoms with E-state index in [9.17, 15) is 9.59 Å². The molecule has 5 nitrogen and oxygen atoms in total. The normalized spacial score (nSPS) is 16.3. The minimum atomic E-state index is -0.264. The number of hydrogen-bond donors (Lipinski definition) is 2. The zero-order chi connectivity index (χ0) is 19.5. The minimum Gasteiger partial charge on any atom is -0.361 e. The first kappa shape index (κ1) is 18.3. The number of benzene rings is 2. The van der Waals surface area contributed by atoms with Gasteiger partial charge in [-0.2, -0.15) is 0 Å². The highest BCUT2D eigenvalue weighted by Crippen LogP contribution is 2.21. The number of carbonyl (C=O) groups is 2. The Labute approximate surface area is 164 Å². The number of nitrogens with one attached hydrogen (secondary N) is 2. The molecule has 0 aliphatic carbocycles. The molecule has 28 heavy (non-hydrogen) atoms. The molecule has 4 rings (SSSR count). The number of para-hydroxylation sites is 1. The maximum Gasteiger partial charge on any atom is 0.228 e. The van der Waals surface area contributed by atoms with Gasteiger partial charge in [0.25, 0.3) is 0 Å². The molecule has 1 saturated heterocycles. The molecule has 2 amide bonds. The second-order valence-corrected chi connectivity index (χ2v) is 7.50. The summed E-state index contributed by atoms with van der Waals surface area (Å²) in [6, 6.07) is 16.4. The minimum absolute atomic E-state index is 0.0363. The number of fused-ring (bicyclic) bond motifs is 1. The summed E-state index contributed by atoms with van der Waals surface area (Å²) in [4.78, 5) is 30.0. The van der Waals surface area contributed by atoms with E-state index in [1.807, 2.05) is 35.4 Å². The summed E-state index contributed by atoms with van der Waals surface area (Å²) in [5.41, 5.74) is 4.64. The summed E-state index contributed by atoms with van der Waals surface area (Å²) in [6.07, 6.45) is 3.09. The van der Waals surface area contributed by atoms with Crippen molar-refractivity contribution in [2.24, 2.45) is 5.92 Å². The van der Waals surface area contributed by atoms with E-state index in [0.717, 1.165) is 17.5 Å². The summed E-state index contributed by atoms with van der Waals surface area (Å²) < 4.78 is 0. The molecule has 2 heterocycles. The Morgan fingerprint density at radius 1 is 1.11 bits per heavy atom. The zero-order valence-electron chi connectivity index (χ0n) is 16.1. The fraction of sp³-hybridized carbons (Fsp3) is 0.304. The van der Waals surface area contributed by atoms with Crippen LogP contribution in [-0.4, -0.2) is 34.8 Å². The summed E-state index contributed by atoms with van der Waals surface area (Å²) in [5.74, 6) is -0.244. The van der Waals surface area contributed by atoms with E-state index in [2.05, 4.69) is 41.5 Å². The SMILES string of the molecule is Cc1ccccc1CN(CCc1c[nH]c2ccccc12)C(=O)C1CNC(=O)C1. The average molecular weight is 375 g/mol. The molecule has 0 bridgehead atoms. The highest BCUT2D eigenvalue weighted by atomic mass is 16.2. The van der Waals surface area contributed by atoms with Gasteiger partial charge in [0.15, 0.2) is 0 Å². The van der Waals surface area contributed by atoms with Gasteiger partial charge < -0.3 is 15.2 Å². The Morgan fingerprint density at radius 2 is 1.89 bits per heavy atom. The van der Waals surface area contributed by atoms with E-state index in [0.29, 0.717) is 19.6 Å². The van der Waals surface area contributed by atoms with Gasteiger partial charge in [-0.05, 0) is 36.1 Å². The lowest BCUT2D eigenvalue weighted by atomic mass is 10.0. The fourth-order valence-corrected chi connectivity index (χ4v) is 3.89. The molecule has 0 spiro atoms. The fourth-order valence-electron chi connectivity index (χ4n) is 3.89. The van der Waals surface area contributed by atoms with Crippen molar-refractivity contribution in [3.63, 3.8) is 0 Å². The van der Waals surface area contributed by atoms with E-state index in [1.165, 1.54) is 16.5 Å². The standard InChI is InChI=1S/C23H25N3O2/c1-16-6-2-3-7-18(16)15-26(23(28)19-12-22(27)25-14-19)11-10-17-13-24-21-9-5-4-8-20(17)21/h2-9,13,19,24H,10-12,14-15H2,1H3,(H,25,27). The molecule has 1 aromatic heterocycles. The number of aromatic nitrogens is 1. The highest BCUT2D eigenvalue weighted by Gasteiger charge is 2.31. The van der Waals surface area contributed by atoms with Crippen LogP contribution in [0.4, 0.5) is 0 Å². The number of hydrogen-bond acceptors (Lipinski definition) is 2. The number of aromatic amines is 1. The maximum absolute atomic E-state index is 13.2. The topological polar surface area (TPSA) is 65.2 Å². The van der Waals surface area contributed by atoms with E-state index in [4.69, 9.17) is 0 Å². The van der Waals surface area contributed by atoms with Gasteiger partial charge in [0.2, 0.25) is 11.8 Å². The van der Waals surface area contributed by atoms with Crippen molar-refractivity contribution in [2.75, 3.05) is 13.1 Å². The van der Waals surface area contributed by atoms with Crippen molar-refractivity contribution in [3.05, 3.63) is 71.4 Å². The summed E-state index contributed by atoms with van der Waals surface area (Å²) in [6.45, 7) is 3.70. The average Bonchev–Trinajstić information content (AvgIpc) is 3.32. The van der Waals surface area contributed by atoms with Crippen LogP contribution in [0.3, 0.4) is 0 Å². The molecule has 1 aliphatic heterocycles. The molecule has 0 radical (unpaired) electrons. The lowest BCUT2D eigenvalue weighted by Gasteiger charge is -2.26. The zero-order valence-corrected chi connectivity index (χ0v) is 16.1. The van der Waals surface area contributed by atoms with Crippen LogP contribution in [0.2, 0.25) is 0 Å². The largest absolute Gasteiger partial charge is 0.361 e. The van der Waals surface area contributed by atoms with E-state index < -0.39 is 0 Å². The van der Waals surface area contributed by atoms with Gasteiger partial charge in [-0.1, -0.05) is 42.5 Å². The van der Waals surface area contributed by atoms with Gasteiger partial charge in [-0.25, -0.2) is 0 Å². The van der Waals surface area contributed by atoms with Gasteiger partial charge >= 0.3 is 0 Å². The van der Waals surface area contributed by atoms with Gasteiger partial charge in [0.05, 0.1) is 5.92 Å². The number of rotatable bonds is 6. The van der Waals surface area contributed by atoms with Gasteiger partial charge in [-0.3, -0.25) is 9.59 Å². The van der Waals surface area contributed by atoms with Gasteiger partial charge in [0.1, 0.15) is 0 Å². The number of carbonyl (C=O) groups excluding carboxylic acids is 2. The monoisotopic (exact) mass is 375 g/mol. The Hall–Kier alpha value is -3.08. The highest BCUT2D eigenvalue weighted by molar-refractivity contribution is 5.89. The first-order valence-corrected chi connectivity index (χ1v) is 9.77. The van der Waals surface area contributed by atoms with E-state index in [1.54, 1.807) is 0 Å².